The molecule has 7 nitrogen and oxygen atoms in total. The molecule has 0 spiro atoms. The molecule has 0 aliphatic rings. The Bertz CT molecular complexity index is 681. The molecule has 2 rings (SSSR count). The van der Waals surface area contributed by atoms with Gasteiger partial charge in [-0.3, -0.25) is 0 Å². The molecule has 1 aromatic carbocycles. The first-order chi connectivity index (χ1) is 10.5. The second-order valence-electron chi connectivity index (χ2n) is 4.12. The third-order valence-electron chi connectivity index (χ3n) is 2.72. The molecule has 0 bridgehead atoms. The second-order valence-corrected chi connectivity index (χ2v) is 4.56. The van der Waals surface area contributed by atoms with E-state index in [-0.39, 0.29) is 18.1 Å². The van der Waals surface area contributed by atoms with Crippen molar-refractivity contribution in [3.05, 3.63) is 41.2 Å². The first-order valence-electron chi connectivity index (χ1n) is 6.18. The summed E-state index contributed by atoms with van der Waals surface area (Å²) in [5, 5.41) is 4.68. The van der Waals surface area contributed by atoms with Crippen LogP contribution in [0, 0.1) is 0 Å². The summed E-state index contributed by atoms with van der Waals surface area (Å²) >= 11 is 5.83. The van der Waals surface area contributed by atoms with E-state index in [1.54, 1.807) is 24.3 Å². The van der Waals surface area contributed by atoms with E-state index in [0.29, 0.717) is 10.7 Å². The molecule has 22 heavy (non-hydrogen) atoms. The zero-order valence-electron chi connectivity index (χ0n) is 11.9. The van der Waals surface area contributed by atoms with Crippen LogP contribution in [0.5, 0.6) is 5.75 Å². The largest absolute Gasteiger partial charge is 0.478 e. The van der Waals surface area contributed by atoms with E-state index in [9.17, 15) is 9.59 Å². The van der Waals surface area contributed by atoms with Crippen LogP contribution < -0.4 is 4.74 Å². The van der Waals surface area contributed by atoms with Crippen molar-refractivity contribution in [3.8, 4) is 11.4 Å². The van der Waals surface area contributed by atoms with Crippen LogP contribution in [0.2, 0.25) is 5.02 Å². The molecule has 0 N–H and O–H groups in total. The van der Waals surface area contributed by atoms with Crippen LogP contribution in [-0.4, -0.2) is 42.5 Å². The van der Waals surface area contributed by atoms with Crippen molar-refractivity contribution in [2.75, 3.05) is 20.8 Å². The molecule has 1 aromatic heterocycles. The van der Waals surface area contributed by atoms with E-state index in [4.69, 9.17) is 16.3 Å². The Balaban J connectivity index is 2.32. The summed E-state index contributed by atoms with van der Waals surface area (Å²) in [6, 6.07) is 6.82. The summed E-state index contributed by atoms with van der Waals surface area (Å²) in [5.74, 6) is -1.13. The number of rotatable bonds is 5. The number of halogens is 1. The Morgan fingerprint density at radius 1 is 1.18 bits per heavy atom. The molecule has 8 heteroatoms. The van der Waals surface area contributed by atoms with Gasteiger partial charge < -0.3 is 14.2 Å². The Hall–Kier alpha value is -2.54. The minimum atomic E-state index is -0.674. The predicted molar refractivity (Wildman–Crippen MR) is 77.4 cm³/mol. The first kappa shape index (κ1) is 15.8. The Morgan fingerprint density at radius 3 is 2.45 bits per heavy atom. The van der Waals surface area contributed by atoms with Gasteiger partial charge in [-0.25, -0.2) is 14.3 Å². The molecule has 0 aliphatic carbocycles. The minimum Gasteiger partial charge on any atom is -0.478 e. The molecule has 0 atom stereocenters. The molecule has 116 valence electrons. The normalized spacial score (nSPS) is 10.1. The third kappa shape index (κ3) is 3.56. The number of aromatic nitrogens is 2. The van der Waals surface area contributed by atoms with E-state index < -0.39 is 11.9 Å². The summed E-state index contributed by atoms with van der Waals surface area (Å²) in [5.41, 5.74) is 0.629. The molecule has 0 unspecified atom stereocenters. The summed E-state index contributed by atoms with van der Waals surface area (Å²) in [6.45, 7) is -0.340. The highest BCUT2D eigenvalue weighted by Crippen LogP contribution is 2.21. The fourth-order valence-electron chi connectivity index (χ4n) is 1.62. The number of carbonyl (C=O) groups excluding carboxylic acids is 2. The molecular weight excluding hydrogens is 312 g/mol. The van der Waals surface area contributed by atoms with Crippen LogP contribution in [0.4, 0.5) is 0 Å². The fourth-order valence-corrected chi connectivity index (χ4v) is 1.75. The van der Waals surface area contributed by atoms with Crippen molar-refractivity contribution < 1.29 is 23.8 Å². The lowest BCUT2D eigenvalue weighted by Gasteiger charge is -2.03. The van der Waals surface area contributed by atoms with Crippen LogP contribution in [0.15, 0.2) is 30.5 Å². The van der Waals surface area contributed by atoms with Crippen molar-refractivity contribution in [2.24, 2.45) is 0 Å². The Labute approximate surface area is 131 Å². The molecule has 0 saturated heterocycles. The van der Waals surface area contributed by atoms with Gasteiger partial charge in [-0.15, -0.1) is 0 Å². The summed E-state index contributed by atoms with van der Waals surface area (Å²) < 4.78 is 15.8. The quantitative estimate of drug-likeness (QED) is 0.781. The van der Waals surface area contributed by atoms with E-state index in [1.165, 1.54) is 25.1 Å². The van der Waals surface area contributed by atoms with Crippen molar-refractivity contribution in [1.82, 2.24) is 9.78 Å². The van der Waals surface area contributed by atoms with Crippen molar-refractivity contribution in [2.45, 2.75) is 0 Å². The first-order valence-corrected chi connectivity index (χ1v) is 6.56. The van der Waals surface area contributed by atoms with Crippen LogP contribution in [0.1, 0.15) is 10.5 Å². The van der Waals surface area contributed by atoms with Gasteiger partial charge in [0.15, 0.2) is 12.4 Å². The molecule has 0 aliphatic heterocycles. The maximum atomic E-state index is 11.7. The lowest BCUT2D eigenvalue weighted by molar-refractivity contribution is -0.142. The van der Waals surface area contributed by atoms with Gasteiger partial charge in [0.1, 0.15) is 0 Å². The monoisotopic (exact) mass is 324 g/mol. The lowest BCUT2D eigenvalue weighted by atomic mass is 10.3. The van der Waals surface area contributed by atoms with E-state index >= 15 is 0 Å². The SMILES string of the molecule is COC(=O)COc1cn(-c2ccc(Cl)cc2)nc1C(=O)OC. The van der Waals surface area contributed by atoms with E-state index in [2.05, 4.69) is 14.6 Å². The molecule has 0 saturated carbocycles. The van der Waals surface area contributed by atoms with Gasteiger partial charge in [-0.2, -0.15) is 5.10 Å². The Morgan fingerprint density at radius 2 is 1.86 bits per heavy atom. The Kier molecular flexibility index (Phi) is 5.00. The molecule has 0 radical (unpaired) electrons. The van der Waals surface area contributed by atoms with Gasteiger partial charge in [0.25, 0.3) is 0 Å². The number of nitrogens with zero attached hydrogens (tertiary/aromatic N) is 2. The van der Waals surface area contributed by atoms with Gasteiger partial charge in [0, 0.05) is 5.02 Å². The van der Waals surface area contributed by atoms with Gasteiger partial charge in [-0.05, 0) is 24.3 Å². The number of methoxy groups -OCH3 is 2. The van der Waals surface area contributed by atoms with Crippen LogP contribution in [-0.2, 0) is 14.3 Å². The average Bonchev–Trinajstić information content (AvgIpc) is 2.96. The number of esters is 2. The van der Waals surface area contributed by atoms with Gasteiger partial charge in [0.2, 0.25) is 5.69 Å². The highest BCUT2D eigenvalue weighted by atomic mass is 35.5. The molecule has 2 aromatic rings. The molecule has 1 heterocycles. The van der Waals surface area contributed by atoms with Crippen LogP contribution in [0.3, 0.4) is 0 Å². The number of hydrogen-bond acceptors (Lipinski definition) is 6. The summed E-state index contributed by atoms with van der Waals surface area (Å²) in [4.78, 5) is 22.9. The standard InChI is InChI=1S/C14H13ClN2O5/c1-20-12(18)8-22-11-7-17(16-13(11)14(19)21-2)10-5-3-9(15)4-6-10/h3-7H,8H2,1-2H3. The second kappa shape index (κ2) is 6.95. The van der Waals surface area contributed by atoms with Gasteiger partial charge >= 0.3 is 11.9 Å². The molecule has 0 amide bonds. The fraction of sp³-hybridized carbons (Fsp3) is 0.214. The van der Waals surface area contributed by atoms with Crippen molar-refractivity contribution in [3.63, 3.8) is 0 Å². The molecular formula is C14H13ClN2O5. The highest BCUT2D eigenvalue weighted by Gasteiger charge is 2.20. The molecule has 0 fully saturated rings. The highest BCUT2D eigenvalue weighted by molar-refractivity contribution is 6.30. The zero-order valence-corrected chi connectivity index (χ0v) is 12.7. The number of ether oxygens (including phenoxy) is 3. The number of hydrogen-bond donors (Lipinski definition) is 0. The van der Waals surface area contributed by atoms with Gasteiger partial charge in [0.05, 0.1) is 26.1 Å². The van der Waals surface area contributed by atoms with Crippen LogP contribution >= 0.6 is 11.6 Å². The third-order valence-corrected chi connectivity index (χ3v) is 2.98. The van der Waals surface area contributed by atoms with E-state index in [0.717, 1.165) is 0 Å². The summed E-state index contributed by atoms with van der Waals surface area (Å²) in [7, 11) is 2.47. The van der Waals surface area contributed by atoms with Crippen molar-refractivity contribution in [1.29, 1.82) is 0 Å². The van der Waals surface area contributed by atoms with Gasteiger partial charge in [-0.1, -0.05) is 11.6 Å². The van der Waals surface area contributed by atoms with Crippen LogP contribution in [0.25, 0.3) is 5.69 Å². The van der Waals surface area contributed by atoms with Crippen molar-refractivity contribution >= 4 is 23.5 Å². The summed E-state index contributed by atoms with van der Waals surface area (Å²) in [6.07, 6.45) is 1.47. The van der Waals surface area contributed by atoms with E-state index in [1.807, 2.05) is 0 Å². The number of benzene rings is 1. The minimum absolute atomic E-state index is 0.0404. The average molecular weight is 325 g/mol. The zero-order chi connectivity index (χ0) is 16.1. The lowest BCUT2D eigenvalue weighted by Crippen LogP contribution is -2.14. The topological polar surface area (TPSA) is 79.7 Å². The smallest absolute Gasteiger partial charge is 0.362 e. The predicted octanol–water partition coefficient (Wildman–Crippen LogP) is 1.86. The maximum absolute atomic E-state index is 11.7. The number of carbonyl (C=O) groups is 2. The maximum Gasteiger partial charge on any atom is 0.362 e.